The van der Waals surface area contributed by atoms with Crippen LogP contribution in [0.5, 0.6) is 0 Å². The fraction of sp³-hybridized carbons (Fsp3) is 1.00. The average molecular weight is 145 g/mol. The molecule has 1 heterocycles. The Balaban J connectivity index is 2.18. The maximum absolute atomic E-state index is 13.0. The van der Waals surface area contributed by atoms with E-state index in [-0.39, 0.29) is 6.04 Å². The summed E-state index contributed by atoms with van der Waals surface area (Å²) in [5.74, 6) is 0. The number of alkyl halides is 1. The van der Waals surface area contributed by atoms with Gasteiger partial charge >= 0.3 is 0 Å². The molecule has 0 spiro atoms. The molecule has 60 valence electrons. The van der Waals surface area contributed by atoms with Crippen LogP contribution in [0.25, 0.3) is 0 Å². The fourth-order valence-electron chi connectivity index (χ4n) is 1.50. The van der Waals surface area contributed by atoms with Crippen LogP contribution in [0.4, 0.5) is 4.39 Å². The minimum atomic E-state index is -0.604. The van der Waals surface area contributed by atoms with Gasteiger partial charge in [0, 0.05) is 6.04 Å². The van der Waals surface area contributed by atoms with Gasteiger partial charge in [0.25, 0.3) is 0 Å². The molecule has 1 saturated heterocycles. The van der Waals surface area contributed by atoms with Crippen LogP contribution < -0.4 is 5.32 Å². The highest BCUT2D eigenvalue weighted by Gasteiger charge is 2.22. The van der Waals surface area contributed by atoms with E-state index in [1.807, 2.05) is 6.92 Å². The molecule has 0 aromatic heterocycles. The first-order valence-corrected chi connectivity index (χ1v) is 4.22. The molecule has 2 heteroatoms. The van der Waals surface area contributed by atoms with Gasteiger partial charge in [-0.05, 0) is 25.8 Å². The van der Waals surface area contributed by atoms with Gasteiger partial charge < -0.3 is 5.32 Å². The molecule has 1 nitrogen and oxygen atoms in total. The summed E-state index contributed by atoms with van der Waals surface area (Å²) in [6.07, 6.45) is 3.25. The summed E-state index contributed by atoms with van der Waals surface area (Å²) in [5, 5.41) is 3.17. The monoisotopic (exact) mass is 145 g/mol. The molecule has 0 saturated carbocycles. The summed E-state index contributed by atoms with van der Waals surface area (Å²) in [6.45, 7) is 3.04. The molecule has 10 heavy (non-hydrogen) atoms. The van der Waals surface area contributed by atoms with Crippen molar-refractivity contribution in [2.75, 3.05) is 6.54 Å². The van der Waals surface area contributed by atoms with Crippen molar-refractivity contribution in [1.82, 2.24) is 5.32 Å². The molecule has 0 bridgehead atoms. The highest BCUT2D eigenvalue weighted by Crippen LogP contribution is 2.15. The van der Waals surface area contributed by atoms with Crippen LogP contribution in [0.3, 0.4) is 0 Å². The van der Waals surface area contributed by atoms with Crippen molar-refractivity contribution in [3.05, 3.63) is 0 Å². The summed E-state index contributed by atoms with van der Waals surface area (Å²) in [7, 11) is 0. The first-order chi connectivity index (χ1) is 4.84. The molecule has 0 aliphatic carbocycles. The van der Waals surface area contributed by atoms with Gasteiger partial charge in [-0.1, -0.05) is 13.3 Å². The highest BCUT2D eigenvalue weighted by atomic mass is 19.1. The third-order valence-electron chi connectivity index (χ3n) is 2.10. The molecule has 1 N–H and O–H groups in total. The Morgan fingerprint density at radius 2 is 2.50 bits per heavy atom. The Bertz CT molecular complexity index is 89.3. The van der Waals surface area contributed by atoms with E-state index in [0.717, 1.165) is 32.2 Å². The predicted molar refractivity (Wildman–Crippen MR) is 40.8 cm³/mol. The van der Waals surface area contributed by atoms with Crippen molar-refractivity contribution < 1.29 is 4.39 Å². The molecular weight excluding hydrogens is 129 g/mol. The van der Waals surface area contributed by atoms with Crippen molar-refractivity contribution in [1.29, 1.82) is 0 Å². The van der Waals surface area contributed by atoms with Gasteiger partial charge in [-0.15, -0.1) is 0 Å². The molecule has 1 fully saturated rings. The Hall–Kier alpha value is -0.110. The smallest absolute Gasteiger partial charge is 0.115 e. The average Bonchev–Trinajstić information content (AvgIpc) is 2.38. The van der Waals surface area contributed by atoms with Gasteiger partial charge in [0.05, 0.1) is 0 Å². The first-order valence-electron chi connectivity index (χ1n) is 4.22. The number of nitrogens with one attached hydrogen (secondary N) is 1. The van der Waals surface area contributed by atoms with Gasteiger partial charge in [-0.3, -0.25) is 0 Å². The fourth-order valence-corrected chi connectivity index (χ4v) is 1.50. The van der Waals surface area contributed by atoms with Crippen LogP contribution in [-0.2, 0) is 0 Å². The van der Waals surface area contributed by atoms with Crippen LogP contribution in [0.15, 0.2) is 0 Å². The van der Waals surface area contributed by atoms with Crippen LogP contribution >= 0.6 is 0 Å². The lowest BCUT2D eigenvalue weighted by atomic mass is 10.1. The van der Waals surface area contributed by atoms with E-state index in [2.05, 4.69) is 5.32 Å². The van der Waals surface area contributed by atoms with Crippen molar-refractivity contribution in [2.45, 2.75) is 44.8 Å². The van der Waals surface area contributed by atoms with E-state index >= 15 is 0 Å². The maximum Gasteiger partial charge on any atom is 0.115 e. The van der Waals surface area contributed by atoms with Crippen molar-refractivity contribution >= 4 is 0 Å². The van der Waals surface area contributed by atoms with E-state index in [4.69, 9.17) is 0 Å². The van der Waals surface area contributed by atoms with Gasteiger partial charge in [0.15, 0.2) is 0 Å². The number of rotatable bonds is 3. The third-order valence-corrected chi connectivity index (χ3v) is 2.10. The highest BCUT2D eigenvalue weighted by molar-refractivity contribution is 4.80. The summed E-state index contributed by atoms with van der Waals surface area (Å²) in [4.78, 5) is 0. The summed E-state index contributed by atoms with van der Waals surface area (Å²) < 4.78 is 13.0. The molecule has 1 aliphatic rings. The van der Waals surface area contributed by atoms with Gasteiger partial charge in [0.1, 0.15) is 6.17 Å². The second kappa shape index (κ2) is 3.91. The summed E-state index contributed by atoms with van der Waals surface area (Å²) in [6, 6.07) is 0.167. The topological polar surface area (TPSA) is 12.0 Å². The minimum absolute atomic E-state index is 0.167. The van der Waals surface area contributed by atoms with E-state index in [9.17, 15) is 4.39 Å². The van der Waals surface area contributed by atoms with E-state index in [1.54, 1.807) is 0 Å². The lowest BCUT2D eigenvalue weighted by Gasteiger charge is -2.14. The first kappa shape index (κ1) is 7.99. The molecule has 0 aromatic carbocycles. The molecule has 0 amide bonds. The molecule has 1 rings (SSSR count). The Morgan fingerprint density at radius 3 is 3.00 bits per heavy atom. The second-order valence-electron chi connectivity index (χ2n) is 3.01. The van der Waals surface area contributed by atoms with Crippen molar-refractivity contribution in [3.8, 4) is 0 Å². The predicted octanol–water partition coefficient (Wildman–Crippen LogP) is 1.88. The Labute approximate surface area is 62.0 Å². The Morgan fingerprint density at radius 1 is 1.70 bits per heavy atom. The maximum atomic E-state index is 13.0. The number of halogens is 1. The number of hydrogen-bond acceptors (Lipinski definition) is 1. The molecule has 0 radical (unpaired) electrons. The van der Waals surface area contributed by atoms with E-state index < -0.39 is 6.17 Å². The lowest BCUT2D eigenvalue weighted by Crippen LogP contribution is -2.31. The molecule has 2 unspecified atom stereocenters. The third kappa shape index (κ3) is 1.94. The Kier molecular flexibility index (Phi) is 3.13. The van der Waals surface area contributed by atoms with E-state index in [0.29, 0.717) is 0 Å². The van der Waals surface area contributed by atoms with Gasteiger partial charge in [-0.2, -0.15) is 0 Å². The van der Waals surface area contributed by atoms with E-state index in [1.165, 1.54) is 0 Å². The second-order valence-corrected chi connectivity index (χ2v) is 3.01. The molecule has 1 aliphatic heterocycles. The van der Waals surface area contributed by atoms with Crippen LogP contribution in [-0.4, -0.2) is 18.8 Å². The lowest BCUT2D eigenvalue weighted by molar-refractivity contribution is 0.248. The standard InChI is InChI=1S/C8H16FN/c1-2-4-7(9)8-5-3-6-10-8/h7-8,10H,2-6H2,1H3. The summed E-state index contributed by atoms with van der Waals surface area (Å²) >= 11 is 0. The zero-order valence-electron chi connectivity index (χ0n) is 6.57. The van der Waals surface area contributed by atoms with Crippen LogP contribution in [0, 0.1) is 0 Å². The SMILES string of the molecule is CCCC(F)C1CCCN1. The zero-order chi connectivity index (χ0) is 7.40. The van der Waals surface area contributed by atoms with Crippen molar-refractivity contribution in [2.24, 2.45) is 0 Å². The zero-order valence-corrected chi connectivity index (χ0v) is 6.57. The quantitative estimate of drug-likeness (QED) is 0.639. The molecule has 2 atom stereocenters. The molecular formula is C8H16FN. The van der Waals surface area contributed by atoms with Crippen LogP contribution in [0.2, 0.25) is 0 Å². The van der Waals surface area contributed by atoms with Crippen molar-refractivity contribution in [3.63, 3.8) is 0 Å². The van der Waals surface area contributed by atoms with Gasteiger partial charge in [-0.25, -0.2) is 4.39 Å². The normalized spacial score (nSPS) is 28.8. The number of hydrogen-bond donors (Lipinski definition) is 1. The van der Waals surface area contributed by atoms with Gasteiger partial charge in [0.2, 0.25) is 0 Å². The van der Waals surface area contributed by atoms with Crippen LogP contribution in [0.1, 0.15) is 32.6 Å². The minimum Gasteiger partial charge on any atom is -0.311 e. The largest absolute Gasteiger partial charge is 0.311 e. The summed E-state index contributed by atoms with van der Waals surface area (Å²) in [5.41, 5.74) is 0. The molecule has 0 aromatic rings.